The van der Waals surface area contributed by atoms with Gasteiger partial charge >= 0.3 is 6.18 Å². The van der Waals surface area contributed by atoms with Gasteiger partial charge in [-0.25, -0.2) is 9.50 Å². The van der Waals surface area contributed by atoms with Crippen molar-refractivity contribution < 1.29 is 22.9 Å². The van der Waals surface area contributed by atoms with E-state index in [1.54, 1.807) is 0 Å². The van der Waals surface area contributed by atoms with Crippen LogP contribution in [0.3, 0.4) is 0 Å². The third-order valence-electron chi connectivity index (χ3n) is 3.58. The first-order chi connectivity index (χ1) is 13.0. The second-order valence-corrected chi connectivity index (χ2v) is 6.75. The van der Waals surface area contributed by atoms with E-state index < -0.39 is 28.4 Å². The quantitative estimate of drug-likeness (QED) is 0.437. The summed E-state index contributed by atoms with van der Waals surface area (Å²) in [6.07, 6.45) is -4.73. The maximum absolute atomic E-state index is 13.3. The molecule has 13 heteroatoms. The van der Waals surface area contributed by atoms with Crippen LogP contribution < -0.4 is 5.32 Å². The zero-order valence-electron chi connectivity index (χ0n) is 13.7. The highest BCUT2D eigenvalue weighted by Crippen LogP contribution is 2.33. The number of aryl methyl sites for hydroxylation is 1. The lowest BCUT2D eigenvalue weighted by atomic mass is 10.2. The molecule has 2 aromatic heterocycles. The predicted octanol–water partition coefficient (Wildman–Crippen LogP) is 4.63. The molecule has 0 aliphatic rings. The third-order valence-corrected chi connectivity index (χ3v) is 4.64. The summed E-state index contributed by atoms with van der Waals surface area (Å²) in [5.74, 6) is -0.925. The Morgan fingerprint density at radius 3 is 2.64 bits per heavy atom. The van der Waals surface area contributed by atoms with Crippen molar-refractivity contribution in [3.05, 3.63) is 61.0 Å². The van der Waals surface area contributed by atoms with Crippen LogP contribution in [0.1, 0.15) is 21.9 Å². The fourth-order valence-electron chi connectivity index (χ4n) is 2.36. The van der Waals surface area contributed by atoms with E-state index in [0.717, 1.165) is 18.2 Å². The lowest BCUT2D eigenvalue weighted by molar-refractivity contribution is -0.384. The first kappa shape index (κ1) is 20.0. The minimum Gasteiger partial charge on any atom is -0.319 e. The average molecular weight is 479 g/mol. The van der Waals surface area contributed by atoms with Gasteiger partial charge in [-0.1, -0.05) is 11.6 Å². The summed E-state index contributed by atoms with van der Waals surface area (Å²) >= 11 is 8.96. The van der Waals surface area contributed by atoms with Gasteiger partial charge in [0.05, 0.1) is 20.1 Å². The Hall–Kier alpha value is -2.73. The Bertz CT molecular complexity index is 1130. The number of carbonyl (C=O) groups is 1. The molecule has 1 N–H and O–H groups in total. The number of hydrogen-bond donors (Lipinski definition) is 1. The van der Waals surface area contributed by atoms with Crippen LogP contribution in [0.15, 0.2) is 28.7 Å². The van der Waals surface area contributed by atoms with Gasteiger partial charge in [-0.15, -0.1) is 0 Å². The number of carbonyl (C=O) groups excluding carboxylic acids is 1. The minimum absolute atomic E-state index is 0.00351. The smallest absolute Gasteiger partial charge is 0.319 e. The maximum atomic E-state index is 13.3. The molecule has 28 heavy (non-hydrogen) atoms. The standard InChI is InChI=1S/C15H8BrClF3N5O3/c1-6-4-10(15(18,19)20)24-13(21-6)11(16)12(23-24)14(26)22-9-5-7(25(27)28)2-3-8(9)17/h2-5H,1H3,(H,22,26). The Balaban J connectivity index is 2.07. The molecule has 2 heterocycles. The van der Waals surface area contributed by atoms with E-state index in [-0.39, 0.29) is 32.2 Å². The molecule has 1 amide bonds. The zero-order valence-corrected chi connectivity index (χ0v) is 16.1. The summed E-state index contributed by atoms with van der Waals surface area (Å²) in [7, 11) is 0. The van der Waals surface area contributed by atoms with E-state index in [2.05, 4.69) is 31.3 Å². The fraction of sp³-hybridized carbons (Fsp3) is 0.133. The number of aromatic nitrogens is 3. The lowest BCUT2D eigenvalue weighted by Crippen LogP contribution is -2.16. The van der Waals surface area contributed by atoms with Crippen LogP contribution >= 0.6 is 27.5 Å². The summed E-state index contributed by atoms with van der Waals surface area (Å²) in [6.45, 7) is 1.37. The number of benzene rings is 1. The summed E-state index contributed by atoms with van der Waals surface area (Å²) in [4.78, 5) is 26.7. The molecule has 8 nitrogen and oxygen atoms in total. The van der Waals surface area contributed by atoms with E-state index in [9.17, 15) is 28.1 Å². The molecule has 0 aliphatic heterocycles. The van der Waals surface area contributed by atoms with Gasteiger partial charge in [0.15, 0.2) is 11.3 Å². The van der Waals surface area contributed by atoms with Gasteiger partial charge in [-0.3, -0.25) is 14.9 Å². The monoisotopic (exact) mass is 477 g/mol. The number of amides is 1. The zero-order chi connectivity index (χ0) is 20.8. The third kappa shape index (κ3) is 3.64. The second kappa shape index (κ2) is 7.02. The van der Waals surface area contributed by atoms with Gasteiger partial charge in [0, 0.05) is 17.8 Å². The van der Waals surface area contributed by atoms with Crippen molar-refractivity contribution in [1.29, 1.82) is 0 Å². The number of alkyl halides is 3. The second-order valence-electron chi connectivity index (χ2n) is 5.55. The van der Waals surface area contributed by atoms with Crippen LogP contribution in [0.2, 0.25) is 5.02 Å². The number of halogens is 5. The molecule has 3 aromatic rings. The summed E-state index contributed by atoms with van der Waals surface area (Å²) in [6, 6.07) is 4.17. The topological polar surface area (TPSA) is 102 Å². The van der Waals surface area contributed by atoms with Crippen molar-refractivity contribution in [2.45, 2.75) is 13.1 Å². The maximum Gasteiger partial charge on any atom is 0.433 e. The molecule has 0 atom stereocenters. The van der Waals surface area contributed by atoms with Crippen molar-refractivity contribution >= 4 is 50.5 Å². The largest absolute Gasteiger partial charge is 0.433 e. The number of nitrogens with zero attached hydrogens (tertiary/aromatic N) is 4. The first-order valence-electron chi connectivity index (χ1n) is 7.37. The first-order valence-corrected chi connectivity index (χ1v) is 8.54. The van der Waals surface area contributed by atoms with E-state index in [4.69, 9.17) is 11.6 Å². The van der Waals surface area contributed by atoms with Gasteiger partial charge in [0.1, 0.15) is 5.69 Å². The number of nitro groups is 1. The molecular weight excluding hydrogens is 471 g/mol. The van der Waals surface area contributed by atoms with E-state index >= 15 is 0 Å². The number of hydrogen-bond acceptors (Lipinski definition) is 5. The van der Waals surface area contributed by atoms with Gasteiger partial charge in [-0.2, -0.15) is 18.3 Å². The fourth-order valence-corrected chi connectivity index (χ4v) is 3.04. The Kier molecular flexibility index (Phi) is 5.02. The van der Waals surface area contributed by atoms with Crippen LogP contribution in [-0.2, 0) is 6.18 Å². The average Bonchev–Trinajstić information content (AvgIpc) is 2.92. The number of nitro benzene ring substituents is 1. The highest BCUT2D eigenvalue weighted by atomic mass is 79.9. The lowest BCUT2D eigenvalue weighted by Gasteiger charge is -2.09. The highest BCUT2D eigenvalue weighted by Gasteiger charge is 2.36. The van der Waals surface area contributed by atoms with Crippen LogP contribution in [0, 0.1) is 17.0 Å². The summed E-state index contributed by atoms with van der Waals surface area (Å²) < 4.78 is 40.3. The predicted molar refractivity (Wildman–Crippen MR) is 96.5 cm³/mol. The summed E-state index contributed by atoms with van der Waals surface area (Å²) in [5.41, 5.74) is -2.05. The number of fused-ring (bicyclic) bond motifs is 1. The van der Waals surface area contributed by atoms with Gasteiger partial charge in [0.25, 0.3) is 11.6 Å². The van der Waals surface area contributed by atoms with Crippen molar-refractivity contribution in [1.82, 2.24) is 14.6 Å². The normalized spacial score (nSPS) is 11.6. The molecule has 0 bridgehead atoms. The van der Waals surface area contributed by atoms with E-state index in [0.29, 0.717) is 4.52 Å². The minimum atomic E-state index is -4.73. The van der Waals surface area contributed by atoms with Crippen LogP contribution in [0.4, 0.5) is 24.5 Å². The SMILES string of the molecule is Cc1cc(C(F)(F)F)n2nc(C(=O)Nc3cc([N+](=O)[O-])ccc3Cl)c(Br)c2n1. The van der Waals surface area contributed by atoms with Gasteiger partial charge in [0.2, 0.25) is 0 Å². The molecule has 1 aromatic carbocycles. The Morgan fingerprint density at radius 1 is 1.36 bits per heavy atom. The number of non-ortho nitro benzene ring substituents is 1. The van der Waals surface area contributed by atoms with Crippen molar-refractivity contribution in [2.24, 2.45) is 0 Å². The number of anilines is 1. The highest BCUT2D eigenvalue weighted by molar-refractivity contribution is 9.10. The molecule has 0 radical (unpaired) electrons. The Labute approximate surface area is 167 Å². The molecule has 3 rings (SSSR count). The molecule has 0 unspecified atom stereocenters. The molecule has 0 fully saturated rings. The Morgan fingerprint density at radius 2 is 2.04 bits per heavy atom. The number of nitrogens with one attached hydrogen (secondary N) is 1. The molecule has 0 aliphatic carbocycles. The van der Waals surface area contributed by atoms with Crippen LogP contribution in [0.5, 0.6) is 0 Å². The van der Waals surface area contributed by atoms with Crippen molar-refractivity contribution in [3.63, 3.8) is 0 Å². The van der Waals surface area contributed by atoms with Crippen molar-refractivity contribution in [2.75, 3.05) is 5.32 Å². The number of rotatable bonds is 3. The molecule has 0 saturated carbocycles. The van der Waals surface area contributed by atoms with E-state index in [1.807, 2.05) is 0 Å². The molecule has 146 valence electrons. The van der Waals surface area contributed by atoms with Crippen LogP contribution in [-0.4, -0.2) is 25.4 Å². The molecular formula is C15H8BrClF3N5O3. The molecule has 0 spiro atoms. The molecule has 0 saturated heterocycles. The van der Waals surface area contributed by atoms with E-state index in [1.165, 1.54) is 13.0 Å². The summed E-state index contributed by atoms with van der Waals surface area (Å²) in [5, 5.41) is 16.9. The van der Waals surface area contributed by atoms with Gasteiger partial charge < -0.3 is 5.32 Å². The van der Waals surface area contributed by atoms with Crippen LogP contribution in [0.25, 0.3) is 5.65 Å². The van der Waals surface area contributed by atoms with Gasteiger partial charge in [-0.05, 0) is 35.0 Å². The van der Waals surface area contributed by atoms with Crippen molar-refractivity contribution in [3.8, 4) is 0 Å².